The van der Waals surface area contributed by atoms with Crippen molar-refractivity contribution in [1.82, 2.24) is 20.1 Å². The van der Waals surface area contributed by atoms with Crippen molar-refractivity contribution in [3.63, 3.8) is 0 Å². The first-order valence-corrected chi connectivity index (χ1v) is 13.1. The fourth-order valence-electron chi connectivity index (χ4n) is 6.23. The van der Waals surface area contributed by atoms with E-state index in [0.717, 1.165) is 41.0 Å². The molecule has 2 aliphatic carbocycles. The van der Waals surface area contributed by atoms with Crippen LogP contribution in [0, 0.1) is 0 Å². The Kier molecular flexibility index (Phi) is 5.50. The molecule has 1 atom stereocenters. The van der Waals surface area contributed by atoms with E-state index in [9.17, 15) is 9.18 Å². The van der Waals surface area contributed by atoms with Crippen molar-refractivity contribution in [3.8, 4) is 0 Å². The van der Waals surface area contributed by atoms with Crippen LogP contribution in [-0.2, 0) is 19.0 Å². The number of nitrogens with zero attached hydrogens (tertiary/aromatic N) is 4. The maximum absolute atomic E-state index is 14.2. The second-order valence-electron chi connectivity index (χ2n) is 11.1. The van der Waals surface area contributed by atoms with Gasteiger partial charge in [-0.05, 0) is 81.3 Å². The van der Waals surface area contributed by atoms with Gasteiger partial charge in [0.25, 0.3) is 5.91 Å². The van der Waals surface area contributed by atoms with Crippen LogP contribution < -0.4 is 10.2 Å². The zero-order valence-electron chi connectivity index (χ0n) is 20.9. The van der Waals surface area contributed by atoms with Gasteiger partial charge < -0.3 is 14.8 Å². The summed E-state index contributed by atoms with van der Waals surface area (Å²) in [5, 5.41) is 12.7. The van der Waals surface area contributed by atoms with E-state index in [-0.39, 0.29) is 17.5 Å². The van der Waals surface area contributed by atoms with Crippen LogP contribution in [0.5, 0.6) is 0 Å². The summed E-state index contributed by atoms with van der Waals surface area (Å²) in [5.41, 5.74) is 3.88. The van der Waals surface area contributed by atoms with E-state index in [1.807, 2.05) is 48.0 Å². The standard InChI is InChI=1S/C28H31ClFN5O/c1-17(32-27(2)8-5-9-27)18-10-22-23(24(29)11-18)15-35(25(22)36)21-7-4-6-19(12-21)28(13-20(30)14-28)26-33-31-16-34(26)3/h4,6-7,10-12,16-17,20,32H,5,8-9,13-15H2,1-3H3/t17-,20-,28+/m0/s1. The summed E-state index contributed by atoms with van der Waals surface area (Å²) >= 11 is 6.73. The molecule has 1 aliphatic heterocycles. The van der Waals surface area contributed by atoms with Crippen LogP contribution in [0.3, 0.4) is 0 Å². The second kappa shape index (κ2) is 8.38. The molecule has 1 amide bonds. The molecule has 0 radical (unpaired) electrons. The van der Waals surface area contributed by atoms with Crippen LogP contribution in [0.2, 0.25) is 5.02 Å². The first kappa shape index (κ1) is 23.6. The van der Waals surface area contributed by atoms with Crippen LogP contribution in [0.15, 0.2) is 42.7 Å². The Bertz CT molecular complexity index is 1340. The minimum Gasteiger partial charge on any atom is -0.320 e. The van der Waals surface area contributed by atoms with Crippen LogP contribution in [0.25, 0.3) is 0 Å². The molecule has 2 saturated carbocycles. The van der Waals surface area contributed by atoms with E-state index >= 15 is 0 Å². The van der Waals surface area contributed by atoms with E-state index in [1.54, 1.807) is 11.2 Å². The summed E-state index contributed by atoms with van der Waals surface area (Å²) in [7, 11) is 1.88. The number of carbonyl (C=O) groups is 1. The van der Waals surface area contributed by atoms with Gasteiger partial charge in [0.05, 0.1) is 12.0 Å². The number of anilines is 1. The summed E-state index contributed by atoms with van der Waals surface area (Å²) in [6, 6.07) is 11.9. The third-order valence-electron chi connectivity index (χ3n) is 8.52. The van der Waals surface area contributed by atoms with E-state index in [0.29, 0.717) is 30.0 Å². The average molecular weight is 508 g/mol. The number of aromatic nitrogens is 3. The van der Waals surface area contributed by atoms with Gasteiger partial charge >= 0.3 is 0 Å². The Morgan fingerprint density at radius 1 is 1.22 bits per heavy atom. The van der Waals surface area contributed by atoms with Crippen LogP contribution >= 0.6 is 11.6 Å². The highest BCUT2D eigenvalue weighted by Gasteiger charge is 2.50. The molecule has 188 valence electrons. The molecule has 1 aromatic heterocycles. The molecule has 1 N–H and O–H groups in total. The number of rotatable bonds is 6. The summed E-state index contributed by atoms with van der Waals surface area (Å²) in [6.45, 7) is 4.80. The molecule has 2 aromatic carbocycles. The minimum atomic E-state index is -0.877. The molecule has 6 nitrogen and oxygen atoms in total. The molecule has 2 heterocycles. The Morgan fingerprint density at radius 3 is 2.64 bits per heavy atom. The lowest BCUT2D eigenvalue weighted by Crippen LogP contribution is -2.49. The van der Waals surface area contributed by atoms with Crippen molar-refractivity contribution in [2.24, 2.45) is 7.05 Å². The average Bonchev–Trinajstić information content (AvgIpc) is 3.39. The van der Waals surface area contributed by atoms with Crippen molar-refractivity contribution in [1.29, 1.82) is 0 Å². The quantitative estimate of drug-likeness (QED) is 0.469. The number of halogens is 2. The minimum absolute atomic E-state index is 0.0577. The molecule has 8 heteroatoms. The first-order chi connectivity index (χ1) is 17.2. The number of nitrogens with one attached hydrogen (secondary N) is 1. The van der Waals surface area contributed by atoms with Crippen LogP contribution in [-0.4, -0.2) is 32.4 Å². The Morgan fingerprint density at radius 2 is 2.00 bits per heavy atom. The van der Waals surface area contributed by atoms with Gasteiger partial charge in [-0.1, -0.05) is 23.7 Å². The summed E-state index contributed by atoms with van der Waals surface area (Å²) < 4.78 is 16.1. The fourth-order valence-corrected chi connectivity index (χ4v) is 6.52. The largest absolute Gasteiger partial charge is 0.320 e. The molecule has 2 fully saturated rings. The number of hydrogen-bond donors (Lipinski definition) is 1. The Balaban J connectivity index is 1.30. The molecule has 0 spiro atoms. The zero-order chi connectivity index (χ0) is 25.2. The normalized spacial score (nSPS) is 25.3. The van der Waals surface area contributed by atoms with Crippen molar-refractivity contribution in [2.45, 2.75) is 75.7 Å². The summed E-state index contributed by atoms with van der Waals surface area (Å²) in [5.74, 6) is 0.691. The lowest BCUT2D eigenvalue weighted by Gasteiger charge is -2.43. The lowest BCUT2D eigenvalue weighted by atomic mass is 9.62. The molecule has 0 bridgehead atoms. The van der Waals surface area contributed by atoms with Gasteiger partial charge in [0.1, 0.15) is 18.3 Å². The van der Waals surface area contributed by atoms with Crippen molar-refractivity contribution < 1.29 is 9.18 Å². The van der Waals surface area contributed by atoms with E-state index < -0.39 is 11.6 Å². The predicted octanol–water partition coefficient (Wildman–Crippen LogP) is 5.64. The third-order valence-corrected chi connectivity index (χ3v) is 8.86. The van der Waals surface area contributed by atoms with Crippen molar-refractivity contribution in [2.75, 3.05) is 4.90 Å². The monoisotopic (exact) mass is 507 g/mol. The molecule has 36 heavy (non-hydrogen) atoms. The van der Waals surface area contributed by atoms with Gasteiger partial charge in [0.2, 0.25) is 0 Å². The number of benzene rings is 2. The maximum atomic E-state index is 14.2. The lowest BCUT2D eigenvalue weighted by molar-refractivity contribution is 0.0995. The topological polar surface area (TPSA) is 63.1 Å². The number of aryl methyl sites for hydroxylation is 1. The van der Waals surface area contributed by atoms with Gasteiger partial charge in [0, 0.05) is 40.5 Å². The Labute approximate surface area is 215 Å². The van der Waals surface area contributed by atoms with E-state index in [4.69, 9.17) is 11.6 Å². The highest BCUT2D eigenvalue weighted by Crippen LogP contribution is 2.50. The second-order valence-corrected chi connectivity index (χ2v) is 11.5. The molecule has 3 aromatic rings. The van der Waals surface area contributed by atoms with Gasteiger partial charge in [-0.15, -0.1) is 10.2 Å². The van der Waals surface area contributed by atoms with Crippen molar-refractivity contribution >= 4 is 23.2 Å². The molecule has 0 unspecified atom stereocenters. The van der Waals surface area contributed by atoms with Gasteiger partial charge in [0.15, 0.2) is 0 Å². The molecular weight excluding hydrogens is 477 g/mol. The smallest absolute Gasteiger partial charge is 0.258 e. The first-order valence-electron chi connectivity index (χ1n) is 12.7. The molecular formula is C28H31ClFN5O. The van der Waals surface area contributed by atoms with Crippen molar-refractivity contribution in [3.05, 3.63) is 75.8 Å². The molecule has 6 rings (SSSR count). The maximum Gasteiger partial charge on any atom is 0.258 e. The number of amides is 1. The van der Waals surface area contributed by atoms with Gasteiger partial charge in [-0.25, -0.2) is 4.39 Å². The van der Waals surface area contributed by atoms with Gasteiger partial charge in [-0.3, -0.25) is 4.79 Å². The summed E-state index contributed by atoms with van der Waals surface area (Å²) in [4.78, 5) is 15.4. The number of carbonyl (C=O) groups excluding carboxylic acids is 1. The number of fused-ring (bicyclic) bond motifs is 1. The molecule has 3 aliphatic rings. The SMILES string of the molecule is C[C@H](NC1(C)CCC1)c1cc(Cl)c2c(c1)C(=O)N(c1cccc([C@]3(c4nncn4C)C[C@@H](F)C3)c1)C2. The summed E-state index contributed by atoms with van der Waals surface area (Å²) in [6.07, 6.45) is 5.06. The van der Waals surface area contributed by atoms with E-state index in [2.05, 4.69) is 29.4 Å². The highest BCUT2D eigenvalue weighted by molar-refractivity contribution is 6.32. The number of alkyl halides is 1. The zero-order valence-corrected chi connectivity index (χ0v) is 21.6. The third kappa shape index (κ3) is 3.67. The van der Waals surface area contributed by atoms with Gasteiger partial charge in [-0.2, -0.15) is 0 Å². The number of hydrogen-bond acceptors (Lipinski definition) is 4. The highest BCUT2D eigenvalue weighted by atomic mass is 35.5. The van der Waals surface area contributed by atoms with E-state index in [1.165, 1.54) is 6.42 Å². The predicted molar refractivity (Wildman–Crippen MR) is 138 cm³/mol. The Hall–Kier alpha value is -2.77. The fraction of sp³-hybridized carbons (Fsp3) is 0.464. The molecule has 0 saturated heterocycles. The van der Waals surface area contributed by atoms with Crippen LogP contribution in [0.1, 0.15) is 84.9 Å². The van der Waals surface area contributed by atoms with Crippen LogP contribution in [0.4, 0.5) is 10.1 Å².